The first-order valence-corrected chi connectivity index (χ1v) is 10.1. The average Bonchev–Trinajstić information content (AvgIpc) is 3.07. The van der Waals surface area contributed by atoms with Crippen LogP contribution in [0.25, 0.3) is 0 Å². The molecule has 0 spiro atoms. The van der Waals surface area contributed by atoms with Crippen LogP contribution in [-0.2, 0) is 20.7 Å². The molecule has 0 unspecified atom stereocenters. The molecule has 2 aromatic rings. The van der Waals surface area contributed by atoms with Crippen LogP contribution in [0, 0.1) is 0 Å². The van der Waals surface area contributed by atoms with Crippen LogP contribution in [0.2, 0.25) is 0 Å². The fourth-order valence-electron chi connectivity index (χ4n) is 3.53. The van der Waals surface area contributed by atoms with Crippen LogP contribution in [0.4, 0.5) is 0 Å². The maximum Gasteiger partial charge on any atom is 0.330 e. The molecule has 34 heavy (non-hydrogen) atoms. The molecule has 0 saturated carbocycles. The molecule has 9 N–H and O–H groups in total. The van der Waals surface area contributed by atoms with Crippen molar-refractivity contribution in [2.24, 2.45) is 5.73 Å². The Bertz CT molecular complexity index is 1150. The summed E-state index contributed by atoms with van der Waals surface area (Å²) in [6.45, 7) is 0. The number of hydrogen-bond acceptors (Lipinski definition) is 10. The average molecular weight is 480 g/mol. The van der Waals surface area contributed by atoms with Crippen molar-refractivity contribution in [3.05, 3.63) is 62.9 Å². The van der Waals surface area contributed by atoms with Crippen LogP contribution in [-0.4, -0.2) is 83.5 Å². The molecule has 3 rings (SSSR count). The third-order valence-electron chi connectivity index (χ3n) is 5.39. The lowest BCUT2D eigenvalue weighted by atomic mass is 10.00. The number of nitrogens with zero attached hydrogens (tertiary/aromatic N) is 1. The van der Waals surface area contributed by atoms with E-state index in [-0.39, 0.29) is 12.2 Å². The highest BCUT2D eigenvalue weighted by atomic mass is 16.6. The van der Waals surface area contributed by atoms with E-state index in [1.807, 2.05) is 4.98 Å². The quantitative estimate of drug-likeness (QED) is 0.183. The predicted octanol–water partition coefficient (Wildman–Crippen LogP) is -3.64. The van der Waals surface area contributed by atoms with Crippen LogP contribution in [0.1, 0.15) is 11.8 Å². The normalized spacial score (nSPS) is 24.8. The number of rotatable bonds is 8. The summed E-state index contributed by atoms with van der Waals surface area (Å²) >= 11 is 0. The maximum atomic E-state index is 12.5. The molecule has 1 aliphatic rings. The number of carbonyl (C=O) groups excluding carboxylic acids is 1. The van der Waals surface area contributed by atoms with Gasteiger partial charge < -0.3 is 41.3 Å². The van der Waals surface area contributed by atoms with E-state index in [9.17, 15) is 44.7 Å². The lowest BCUT2D eigenvalue weighted by Gasteiger charge is -2.26. The lowest BCUT2D eigenvalue weighted by molar-refractivity contribution is -0.149. The van der Waals surface area contributed by atoms with Gasteiger partial charge in [-0.3, -0.25) is 19.1 Å². The number of aromatic hydroxyl groups is 1. The highest BCUT2D eigenvalue weighted by molar-refractivity contribution is 5.87. The molecule has 14 nitrogen and oxygen atoms in total. The third-order valence-corrected chi connectivity index (χ3v) is 5.39. The number of aromatic amines is 1. The summed E-state index contributed by atoms with van der Waals surface area (Å²) in [7, 11) is 0. The van der Waals surface area contributed by atoms with Crippen LogP contribution in [0.5, 0.6) is 5.75 Å². The van der Waals surface area contributed by atoms with Gasteiger partial charge in [-0.05, 0) is 17.7 Å². The number of amides is 1. The molecular weight excluding hydrogens is 456 g/mol. The Morgan fingerprint density at radius 3 is 2.38 bits per heavy atom. The van der Waals surface area contributed by atoms with Crippen LogP contribution >= 0.6 is 0 Å². The van der Waals surface area contributed by atoms with Gasteiger partial charge in [-0.15, -0.1) is 0 Å². The van der Waals surface area contributed by atoms with Crippen molar-refractivity contribution in [2.75, 3.05) is 0 Å². The Kier molecular flexibility index (Phi) is 7.48. The van der Waals surface area contributed by atoms with Gasteiger partial charge in [-0.25, -0.2) is 9.59 Å². The summed E-state index contributed by atoms with van der Waals surface area (Å²) in [6.07, 6.45) is -7.39. The number of aromatic nitrogens is 2. The van der Waals surface area contributed by atoms with E-state index in [0.717, 1.165) is 16.8 Å². The molecule has 2 heterocycles. The molecule has 0 aliphatic carbocycles. The molecule has 1 amide bonds. The first-order chi connectivity index (χ1) is 16.0. The van der Waals surface area contributed by atoms with Gasteiger partial charge in [0, 0.05) is 18.7 Å². The third kappa shape index (κ3) is 5.32. The fraction of sp³-hybridized carbons (Fsp3) is 0.400. The highest BCUT2D eigenvalue weighted by Gasteiger charge is 2.50. The molecule has 14 heteroatoms. The number of carboxylic acid groups (broad SMARTS) is 1. The van der Waals surface area contributed by atoms with Gasteiger partial charge in [0.1, 0.15) is 30.1 Å². The maximum absolute atomic E-state index is 12.5. The van der Waals surface area contributed by atoms with E-state index in [4.69, 9.17) is 10.5 Å². The standard InChI is InChI=1S/C20H24N4O10/c21-12(10(26)7-8-1-3-9(25)4-2-8)17(30)23-13(19(31)32)16-14(28)15(29)18(34-16)24-6-5-11(27)22-20(24)33/h1-6,10,12-16,18,25-26,28-29H,7,21H2,(H,23,30)(H,31,32)(H,22,27,33)/t10-,12-,13-,14+,15-,16-,18-/m1/s1. The molecule has 1 aromatic carbocycles. The summed E-state index contributed by atoms with van der Waals surface area (Å²) in [4.78, 5) is 49.5. The Morgan fingerprint density at radius 1 is 1.15 bits per heavy atom. The number of aliphatic hydroxyl groups excluding tert-OH is 3. The second-order valence-electron chi connectivity index (χ2n) is 7.78. The van der Waals surface area contributed by atoms with Gasteiger partial charge >= 0.3 is 11.7 Å². The van der Waals surface area contributed by atoms with Gasteiger partial charge in [0.05, 0.1) is 6.10 Å². The smallest absolute Gasteiger partial charge is 0.330 e. The fourth-order valence-corrected chi connectivity index (χ4v) is 3.53. The second-order valence-corrected chi connectivity index (χ2v) is 7.78. The van der Waals surface area contributed by atoms with E-state index >= 15 is 0 Å². The van der Waals surface area contributed by atoms with Crippen molar-refractivity contribution in [3.63, 3.8) is 0 Å². The molecule has 1 aliphatic heterocycles. The molecule has 1 saturated heterocycles. The van der Waals surface area contributed by atoms with Crippen molar-refractivity contribution >= 4 is 11.9 Å². The summed E-state index contributed by atoms with van der Waals surface area (Å²) in [5, 5.41) is 51.9. The number of ether oxygens (including phenoxy) is 1. The minimum Gasteiger partial charge on any atom is -0.508 e. The number of carbonyl (C=O) groups is 2. The molecule has 1 aromatic heterocycles. The first-order valence-electron chi connectivity index (χ1n) is 10.1. The molecule has 7 atom stereocenters. The first kappa shape index (κ1) is 25.1. The summed E-state index contributed by atoms with van der Waals surface area (Å²) < 4.78 is 6.14. The second kappa shape index (κ2) is 10.1. The Balaban J connectivity index is 1.73. The number of carboxylic acids is 1. The largest absolute Gasteiger partial charge is 0.508 e. The number of H-pyrrole nitrogens is 1. The molecule has 184 valence electrons. The molecule has 0 bridgehead atoms. The van der Waals surface area contributed by atoms with E-state index in [0.29, 0.717) is 5.56 Å². The number of aliphatic carboxylic acids is 1. The number of phenolic OH excluding ortho intramolecular Hbond substituents is 1. The lowest BCUT2D eigenvalue weighted by Crippen LogP contribution is -2.58. The van der Waals surface area contributed by atoms with E-state index in [2.05, 4.69) is 5.32 Å². The van der Waals surface area contributed by atoms with E-state index in [1.165, 1.54) is 24.3 Å². The molecular formula is C20H24N4O10. The van der Waals surface area contributed by atoms with Crippen molar-refractivity contribution in [2.45, 2.75) is 49.1 Å². The zero-order chi connectivity index (χ0) is 25.2. The van der Waals surface area contributed by atoms with Crippen LogP contribution in [0.15, 0.2) is 46.1 Å². The topological polar surface area (TPSA) is 237 Å². The number of aliphatic hydroxyl groups is 3. The number of benzene rings is 1. The molecule has 1 fully saturated rings. The monoisotopic (exact) mass is 480 g/mol. The van der Waals surface area contributed by atoms with E-state index < -0.39 is 65.9 Å². The van der Waals surface area contributed by atoms with Gasteiger partial charge in [0.25, 0.3) is 5.56 Å². The predicted molar refractivity (Wildman–Crippen MR) is 113 cm³/mol. The van der Waals surface area contributed by atoms with Crippen molar-refractivity contribution in [1.29, 1.82) is 0 Å². The Labute approximate surface area is 190 Å². The van der Waals surface area contributed by atoms with Crippen LogP contribution in [0.3, 0.4) is 0 Å². The van der Waals surface area contributed by atoms with Gasteiger partial charge in [0.2, 0.25) is 5.91 Å². The highest BCUT2D eigenvalue weighted by Crippen LogP contribution is 2.30. The van der Waals surface area contributed by atoms with Gasteiger partial charge in [0.15, 0.2) is 12.3 Å². The Hall–Kier alpha value is -3.56. The summed E-state index contributed by atoms with van der Waals surface area (Å²) in [6, 6.07) is 3.25. The van der Waals surface area contributed by atoms with Crippen molar-refractivity contribution in [3.8, 4) is 5.75 Å². The number of nitrogens with two attached hydrogens (primary N) is 1. The van der Waals surface area contributed by atoms with Crippen molar-refractivity contribution in [1.82, 2.24) is 14.9 Å². The van der Waals surface area contributed by atoms with Gasteiger partial charge in [-0.1, -0.05) is 12.1 Å². The molecule has 0 radical (unpaired) electrons. The minimum atomic E-state index is -1.91. The van der Waals surface area contributed by atoms with Crippen molar-refractivity contribution < 1.29 is 39.9 Å². The number of hydrogen-bond donors (Lipinski definition) is 8. The van der Waals surface area contributed by atoms with E-state index in [1.54, 1.807) is 0 Å². The zero-order valence-electron chi connectivity index (χ0n) is 17.5. The summed E-state index contributed by atoms with van der Waals surface area (Å²) in [5.41, 5.74) is 4.62. The Morgan fingerprint density at radius 2 is 1.79 bits per heavy atom. The zero-order valence-corrected chi connectivity index (χ0v) is 17.5. The number of phenols is 1. The summed E-state index contributed by atoms with van der Waals surface area (Å²) in [5.74, 6) is -2.71. The minimum absolute atomic E-state index is 0.00400. The SMILES string of the molecule is N[C@@H](C(=O)N[C@@H](C(=O)O)[C@H]1O[C@@H](n2ccc(=O)[nH]c2=O)[C@H](O)[C@@H]1O)[C@H](O)Cc1ccc(O)cc1. The van der Waals surface area contributed by atoms with Crippen LogP contribution < -0.4 is 22.3 Å². The number of nitrogens with one attached hydrogen (secondary N) is 2. The van der Waals surface area contributed by atoms with Gasteiger partial charge in [-0.2, -0.15) is 0 Å².